The van der Waals surface area contributed by atoms with Crippen LogP contribution in [0.5, 0.6) is 0 Å². The zero-order valence-electron chi connectivity index (χ0n) is 12.2. The van der Waals surface area contributed by atoms with Crippen LogP contribution < -0.4 is 5.32 Å². The molecule has 1 aromatic carbocycles. The Kier molecular flexibility index (Phi) is 3.96. The molecule has 2 heterocycles. The van der Waals surface area contributed by atoms with Crippen molar-refractivity contribution < 1.29 is 4.79 Å². The molecule has 0 saturated carbocycles. The van der Waals surface area contributed by atoms with Crippen LogP contribution in [-0.2, 0) is 24.3 Å². The number of rotatable bonds is 4. The number of fused-ring (bicyclic) bond motifs is 1. The van der Waals surface area contributed by atoms with E-state index in [9.17, 15) is 4.79 Å². The molecule has 1 unspecified atom stereocenters. The van der Waals surface area contributed by atoms with Crippen LogP contribution in [0.2, 0.25) is 0 Å². The van der Waals surface area contributed by atoms with Gasteiger partial charge in [0.15, 0.2) is 5.82 Å². The summed E-state index contributed by atoms with van der Waals surface area (Å²) in [6.07, 6.45) is 2.48. The molecule has 1 aliphatic heterocycles. The summed E-state index contributed by atoms with van der Waals surface area (Å²) in [4.78, 5) is 13.5. The highest BCUT2D eigenvalue weighted by atomic mass is 32.2. The summed E-state index contributed by atoms with van der Waals surface area (Å²) in [5, 5.41) is 10.8. The Morgan fingerprint density at radius 1 is 1.52 bits per heavy atom. The molecule has 0 aliphatic carbocycles. The van der Waals surface area contributed by atoms with Crippen molar-refractivity contribution in [2.45, 2.75) is 43.5 Å². The second kappa shape index (κ2) is 5.89. The van der Waals surface area contributed by atoms with Gasteiger partial charge in [0.1, 0.15) is 6.33 Å². The molecule has 1 N–H and O–H groups in total. The molecule has 0 radical (unpaired) electrons. The van der Waals surface area contributed by atoms with Crippen molar-refractivity contribution in [3.8, 4) is 0 Å². The molecule has 1 aliphatic rings. The molecule has 0 bridgehead atoms. The first kappa shape index (κ1) is 14.1. The minimum Gasteiger partial charge on any atom is -0.348 e. The fraction of sp³-hybridized carbons (Fsp3) is 0.400. The van der Waals surface area contributed by atoms with Gasteiger partial charge in [0, 0.05) is 11.4 Å². The molecule has 1 amide bonds. The van der Waals surface area contributed by atoms with Gasteiger partial charge in [-0.25, -0.2) is 0 Å². The summed E-state index contributed by atoms with van der Waals surface area (Å²) in [6.45, 7) is 5.34. The van der Waals surface area contributed by atoms with Gasteiger partial charge in [0.05, 0.1) is 11.8 Å². The first-order valence-corrected chi connectivity index (χ1v) is 7.96. The van der Waals surface area contributed by atoms with Gasteiger partial charge in [-0.1, -0.05) is 17.7 Å². The van der Waals surface area contributed by atoms with Gasteiger partial charge in [0.2, 0.25) is 5.91 Å². The standard InChI is InChI=1S/C15H18N4OS/c1-3-19-9-17-18-14(19)8-16-15(20)13-7-11-5-4-10(2)6-12(11)21-13/h4-6,9,13H,3,7-8H2,1-2H3,(H,16,20). The number of hydrogen-bond acceptors (Lipinski definition) is 4. The van der Waals surface area contributed by atoms with Crippen LogP contribution in [0.3, 0.4) is 0 Å². The van der Waals surface area contributed by atoms with Crippen LogP contribution in [0, 0.1) is 6.92 Å². The predicted molar refractivity (Wildman–Crippen MR) is 82.1 cm³/mol. The molecule has 3 rings (SSSR count). The van der Waals surface area contributed by atoms with E-state index in [1.807, 2.05) is 11.5 Å². The highest BCUT2D eigenvalue weighted by molar-refractivity contribution is 8.01. The number of nitrogens with zero attached hydrogens (tertiary/aromatic N) is 3. The van der Waals surface area contributed by atoms with Gasteiger partial charge in [-0.05, 0) is 31.9 Å². The smallest absolute Gasteiger partial charge is 0.234 e. The highest BCUT2D eigenvalue weighted by Crippen LogP contribution is 2.37. The van der Waals surface area contributed by atoms with E-state index in [-0.39, 0.29) is 11.2 Å². The molecule has 2 aromatic rings. The van der Waals surface area contributed by atoms with Crippen LogP contribution in [0.25, 0.3) is 0 Å². The Labute approximate surface area is 128 Å². The Morgan fingerprint density at radius 3 is 3.19 bits per heavy atom. The first-order valence-electron chi connectivity index (χ1n) is 7.08. The first-order chi connectivity index (χ1) is 10.2. The number of aromatic nitrogens is 3. The number of aryl methyl sites for hydroxylation is 2. The number of thioether (sulfide) groups is 1. The Bertz CT molecular complexity index is 667. The monoisotopic (exact) mass is 302 g/mol. The number of benzene rings is 1. The van der Waals surface area contributed by atoms with Gasteiger partial charge in [-0.2, -0.15) is 0 Å². The van der Waals surface area contributed by atoms with Crippen molar-refractivity contribution in [2.75, 3.05) is 0 Å². The van der Waals surface area contributed by atoms with Crippen LogP contribution in [0.4, 0.5) is 0 Å². The van der Waals surface area contributed by atoms with Crippen molar-refractivity contribution in [3.05, 3.63) is 41.5 Å². The van der Waals surface area contributed by atoms with E-state index in [0.717, 1.165) is 18.8 Å². The van der Waals surface area contributed by atoms with Gasteiger partial charge in [0.25, 0.3) is 0 Å². The van der Waals surface area contributed by atoms with E-state index in [1.165, 1.54) is 16.0 Å². The zero-order valence-corrected chi connectivity index (χ0v) is 13.0. The maximum Gasteiger partial charge on any atom is 0.234 e. The largest absolute Gasteiger partial charge is 0.348 e. The zero-order chi connectivity index (χ0) is 14.8. The summed E-state index contributed by atoms with van der Waals surface area (Å²) < 4.78 is 1.93. The molecular formula is C15H18N4OS. The molecule has 0 spiro atoms. The molecule has 5 nitrogen and oxygen atoms in total. The van der Waals surface area contributed by atoms with Crippen molar-refractivity contribution in [1.82, 2.24) is 20.1 Å². The Balaban J connectivity index is 1.60. The fourth-order valence-corrected chi connectivity index (χ4v) is 3.76. The molecule has 0 fully saturated rings. The number of carbonyl (C=O) groups is 1. The summed E-state index contributed by atoms with van der Waals surface area (Å²) >= 11 is 1.65. The second-order valence-corrected chi connectivity index (χ2v) is 6.42. The molecule has 6 heteroatoms. The third-order valence-corrected chi connectivity index (χ3v) is 4.95. The normalized spacial score (nSPS) is 16.8. The topological polar surface area (TPSA) is 59.8 Å². The fourth-order valence-electron chi connectivity index (χ4n) is 2.44. The SMILES string of the molecule is CCn1cnnc1CNC(=O)C1Cc2ccc(C)cc2S1. The van der Waals surface area contributed by atoms with Crippen LogP contribution in [0.1, 0.15) is 23.9 Å². The number of nitrogens with one attached hydrogen (secondary N) is 1. The average Bonchev–Trinajstić information content (AvgIpc) is 3.10. The number of carbonyl (C=O) groups excluding carboxylic acids is 1. The lowest BCUT2D eigenvalue weighted by molar-refractivity contribution is -0.120. The molecule has 1 aromatic heterocycles. The molecular weight excluding hydrogens is 284 g/mol. The minimum atomic E-state index is -0.0419. The maximum atomic E-state index is 12.3. The quantitative estimate of drug-likeness (QED) is 0.937. The third kappa shape index (κ3) is 2.95. The van der Waals surface area contributed by atoms with Crippen molar-refractivity contribution >= 4 is 17.7 Å². The van der Waals surface area contributed by atoms with Gasteiger partial charge >= 0.3 is 0 Å². The van der Waals surface area contributed by atoms with Gasteiger partial charge in [-0.15, -0.1) is 22.0 Å². The minimum absolute atomic E-state index is 0.0419. The van der Waals surface area contributed by atoms with E-state index in [1.54, 1.807) is 18.1 Å². The van der Waals surface area contributed by atoms with Crippen molar-refractivity contribution in [3.63, 3.8) is 0 Å². The van der Waals surface area contributed by atoms with E-state index in [4.69, 9.17) is 0 Å². The summed E-state index contributed by atoms with van der Waals surface area (Å²) in [5.41, 5.74) is 2.50. The predicted octanol–water partition coefficient (Wildman–Crippen LogP) is 1.94. The molecule has 21 heavy (non-hydrogen) atoms. The van der Waals surface area contributed by atoms with E-state index < -0.39 is 0 Å². The van der Waals surface area contributed by atoms with Crippen molar-refractivity contribution in [1.29, 1.82) is 0 Å². The number of amides is 1. The Hall–Kier alpha value is -1.82. The Morgan fingerprint density at radius 2 is 2.38 bits per heavy atom. The van der Waals surface area contributed by atoms with Crippen LogP contribution in [0.15, 0.2) is 29.4 Å². The van der Waals surface area contributed by atoms with Crippen LogP contribution in [-0.4, -0.2) is 25.9 Å². The summed E-state index contributed by atoms with van der Waals surface area (Å²) in [5.74, 6) is 0.863. The van der Waals surface area contributed by atoms with E-state index in [2.05, 4.69) is 40.6 Å². The lowest BCUT2D eigenvalue weighted by Gasteiger charge is -2.10. The van der Waals surface area contributed by atoms with Crippen LogP contribution >= 0.6 is 11.8 Å². The summed E-state index contributed by atoms with van der Waals surface area (Å²) in [7, 11) is 0. The number of hydrogen-bond donors (Lipinski definition) is 1. The molecule has 110 valence electrons. The lowest BCUT2D eigenvalue weighted by Crippen LogP contribution is -2.32. The maximum absolute atomic E-state index is 12.3. The van der Waals surface area contributed by atoms with Gasteiger partial charge in [-0.3, -0.25) is 4.79 Å². The summed E-state index contributed by atoms with van der Waals surface area (Å²) in [6, 6.07) is 6.38. The molecule has 1 atom stereocenters. The van der Waals surface area contributed by atoms with E-state index >= 15 is 0 Å². The van der Waals surface area contributed by atoms with E-state index in [0.29, 0.717) is 6.54 Å². The highest BCUT2D eigenvalue weighted by Gasteiger charge is 2.28. The molecule has 0 saturated heterocycles. The second-order valence-electron chi connectivity index (χ2n) is 5.17. The third-order valence-electron chi connectivity index (χ3n) is 3.65. The van der Waals surface area contributed by atoms with Crippen molar-refractivity contribution in [2.24, 2.45) is 0 Å². The van der Waals surface area contributed by atoms with Gasteiger partial charge < -0.3 is 9.88 Å². The lowest BCUT2D eigenvalue weighted by atomic mass is 10.1. The average molecular weight is 302 g/mol.